The summed E-state index contributed by atoms with van der Waals surface area (Å²) in [5, 5.41) is 14.1. The molecule has 2 heterocycles. The van der Waals surface area contributed by atoms with Gasteiger partial charge in [-0.2, -0.15) is 0 Å². The molecule has 1 aliphatic heterocycles. The number of aliphatic hydroxyl groups is 1. The van der Waals surface area contributed by atoms with Crippen molar-refractivity contribution in [2.45, 2.75) is 51.6 Å². The van der Waals surface area contributed by atoms with Gasteiger partial charge in [0.1, 0.15) is 11.3 Å². The van der Waals surface area contributed by atoms with Gasteiger partial charge in [0.05, 0.1) is 11.3 Å². The van der Waals surface area contributed by atoms with Crippen LogP contribution in [0.25, 0.3) is 0 Å². The van der Waals surface area contributed by atoms with E-state index in [1.54, 1.807) is 6.92 Å². The molecule has 0 atom stereocenters. The number of hydrogen-bond acceptors (Lipinski definition) is 4. The monoisotopic (exact) mass is 278 g/mol. The summed E-state index contributed by atoms with van der Waals surface area (Å²) in [6, 6.07) is 0. The summed E-state index contributed by atoms with van der Waals surface area (Å²) in [7, 11) is 0. The molecule has 1 N–H and O–H groups in total. The third kappa shape index (κ3) is 2.24. The van der Waals surface area contributed by atoms with E-state index in [2.05, 4.69) is 5.16 Å². The highest BCUT2D eigenvalue weighted by molar-refractivity contribution is 5.96. The lowest BCUT2D eigenvalue weighted by atomic mass is 9.89. The van der Waals surface area contributed by atoms with Crippen molar-refractivity contribution in [1.82, 2.24) is 10.1 Å². The van der Waals surface area contributed by atoms with E-state index in [1.807, 2.05) is 11.8 Å². The van der Waals surface area contributed by atoms with Crippen molar-refractivity contribution in [2.75, 3.05) is 13.1 Å². The second kappa shape index (κ2) is 4.88. The van der Waals surface area contributed by atoms with Crippen LogP contribution in [0.5, 0.6) is 0 Å². The summed E-state index contributed by atoms with van der Waals surface area (Å²) in [6.45, 7) is 5.21. The lowest BCUT2D eigenvalue weighted by Crippen LogP contribution is -2.42. The van der Waals surface area contributed by atoms with Gasteiger partial charge in [0.15, 0.2) is 0 Å². The first-order valence-corrected chi connectivity index (χ1v) is 7.52. The lowest BCUT2D eigenvalue weighted by molar-refractivity contribution is 0.0339. The second-order valence-corrected chi connectivity index (χ2v) is 6.08. The van der Waals surface area contributed by atoms with Gasteiger partial charge < -0.3 is 14.5 Å². The highest BCUT2D eigenvalue weighted by Crippen LogP contribution is 2.46. The molecule has 1 aromatic rings. The molecule has 1 amide bonds. The zero-order valence-electron chi connectivity index (χ0n) is 12.2. The van der Waals surface area contributed by atoms with Gasteiger partial charge in [-0.1, -0.05) is 12.1 Å². The van der Waals surface area contributed by atoms with E-state index in [-0.39, 0.29) is 5.91 Å². The predicted molar refractivity (Wildman–Crippen MR) is 73.4 cm³/mol. The Labute approximate surface area is 118 Å². The molecule has 1 saturated heterocycles. The fourth-order valence-electron chi connectivity index (χ4n) is 3.25. The van der Waals surface area contributed by atoms with Crippen LogP contribution >= 0.6 is 0 Å². The van der Waals surface area contributed by atoms with Crippen molar-refractivity contribution in [3.8, 4) is 0 Å². The van der Waals surface area contributed by atoms with Gasteiger partial charge in [-0.05, 0) is 44.9 Å². The quantitative estimate of drug-likeness (QED) is 0.917. The third-order valence-corrected chi connectivity index (χ3v) is 4.79. The van der Waals surface area contributed by atoms with Crippen molar-refractivity contribution >= 4 is 5.91 Å². The van der Waals surface area contributed by atoms with Crippen LogP contribution in [0.15, 0.2) is 4.52 Å². The van der Waals surface area contributed by atoms with Crippen molar-refractivity contribution in [3.05, 3.63) is 17.0 Å². The molecule has 1 aromatic heterocycles. The number of carbonyl (C=O) groups excluding carboxylic acids is 1. The van der Waals surface area contributed by atoms with Crippen LogP contribution in [0.3, 0.4) is 0 Å². The number of aryl methyl sites for hydroxylation is 2. The first kappa shape index (κ1) is 13.6. The van der Waals surface area contributed by atoms with E-state index in [0.29, 0.717) is 23.7 Å². The standard InChI is InChI=1S/C15H22N2O3/c1-3-12-13(10(2)20-16-12)14(18)17-8-4-11(5-9-17)15(19)6-7-15/h11,19H,3-9H2,1-2H3. The van der Waals surface area contributed by atoms with Crippen LogP contribution < -0.4 is 0 Å². The highest BCUT2D eigenvalue weighted by atomic mass is 16.5. The third-order valence-electron chi connectivity index (χ3n) is 4.79. The van der Waals surface area contributed by atoms with E-state index in [1.165, 1.54) is 0 Å². The minimum Gasteiger partial charge on any atom is -0.390 e. The minimum atomic E-state index is -0.420. The molecule has 0 bridgehead atoms. The van der Waals surface area contributed by atoms with E-state index >= 15 is 0 Å². The number of aromatic nitrogens is 1. The molecular weight excluding hydrogens is 256 g/mol. The van der Waals surface area contributed by atoms with Crippen LogP contribution in [0.1, 0.15) is 54.4 Å². The van der Waals surface area contributed by atoms with Crippen LogP contribution in [-0.2, 0) is 6.42 Å². The molecule has 0 aromatic carbocycles. The molecule has 2 aliphatic rings. The van der Waals surface area contributed by atoms with E-state index in [9.17, 15) is 9.90 Å². The molecule has 5 heteroatoms. The first-order valence-electron chi connectivity index (χ1n) is 7.52. The zero-order valence-corrected chi connectivity index (χ0v) is 12.2. The maximum Gasteiger partial charge on any atom is 0.259 e. The normalized spacial score (nSPS) is 22.1. The average Bonchev–Trinajstić information content (AvgIpc) is 3.10. The summed E-state index contributed by atoms with van der Waals surface area (Å²) in [5.41, 5.74) is 0.961. The Kier molecular flexibility index (Phi) is 3.32. The topological polar surface area (TPSA) is 66.6 Å². The number of likely N-dealkylation sites (tertiary alicyclic amines) is 1. The summed E-state index contributed by atoms with van der Waals surface area (Å²) in [6.07, 6.45) is 4.35. The number of rotatable bonds is 3. The molecule has 1 aliphatic carbocycles. The number of amides is 1. The molecule has 2 fully saturated rings. The van der Waals surface area contributed by atoms with Crippen LogP contribution in [-0.4, -0.2) is 39.8 Å². The summed E-state index contributed by atoms with van der Waals surface area (Å²) in [5.74, 6) is 0.998. The Bertz CT molecular complexity index is 511. The van der Waals surface area contributed by atoms with Crippen molar-refractivity contribution in [3.63, 3.8) is 0 Å². The largest absolute Gasteiger partial charge is 0.390 e. The number of nitrogens with zero attached hydrogens (tertiary/aromatic N) is 2. The van der Waals surface area contributed by atoms with Crippen molar-refractivity contribution < 1.29 is 14.4 Å². The van der Waals surface area contributed by atoms with E-state index in [4.69, 9.17) is 4.52 Å². The van der Waals surface area contributed by atoms with Crippen molar-refractivity contribution in [1.29, 1.82) is 0 Å². The second-order valence-electron chi connectivity index (χ2n) is 6.08. The molecule has 0 radical (unpaired) electrons. The number of hydrogen-bond donors (Lipinski definition) is 1. The minimum absolute atomic E-state index is 0.0295. The molecule has 1 saturated carbocycles. The Hall–Kier alpha value is -1.36. The zero-order chi connectivity index (χ0) is 14.3. The summed E-state index contributed by atoms with van der Waals surface area (Å²) >= 11 is 0. The van der Waals surface area contributed by atoms with Gasteiger partial charge in [0, 0.05) is 13.1 Å². The molecule has 0 unspecified atom stereocenters. The fraction of sp³-hybridized carbons (Fsp3) is 0.733. The molecule has 3 rings (SSSR count). The van der Waals surface area contributed by atoms with Gasteiger partial charge in [0.2, 0.25) is 0 Å². The van der Waals surface area contributed by atoms with Crippen molar-refractivity contribution in [2.24, 2.45) is 5.92 Å². The van der Waals surface area contributed by atoms with Gasteiger partial charge in [0.25, 0.3) is 5.91 Å². The molecule has 5 nitrogen and oxygen atoms in total. The Morgan fingerprint density at radius 3 is 2.65 bits per heavy atom. The van der Waals surface area contributed by atoms with E-state index < -0.39 is 5.60 Å². The van der Waals surface area contributed by atoms with Gasteiger partial charge in [-0.3, -0.25) is 4.79 Å². The maximum atomic E-state index is 12.6. The fourth-order valence-corrected chi connectivity index (χ4v) is 3.25. The molecular formula is C15H22N2O3. The highest BCUT2D eigenvalue weighted by Gasteiger charge is 2.48. The first-order chi connectivity index (χ1) is 9.55. The van der Waals surface area contributed by atoms with Crippen LogP contribution in [0.4, 0.5) is 0 Å². The maximum absolute atomic E-state index is 12.6. The SMILES string of the molecule is CCc1noc(C)c1C(=O)N1CCC(C2(O)CC2)CC1. The van der Waals surface area contributed by atoms with Crippen LogP contribution in [0.2, 0.25) is 0 Å². The Morgan fingerprint density at radius 2 is 2.10 bits per heavy atom. The van der Waals surface area contributed by atoms with E-state index in [0.717, 1.165) is 44.5 Å². The number of piperidine rings is 1. The molecule has 0 spiro atoms. The Morgan fingerprint density at radius 1 is 1.45 bits per heavy atom. The van der Waals surface area contributed by atoms with Gasteiger partial charge in [-0.25, -0.2) is 0 Å². The van der Waals surface area contributed by atoms with Gasteiger partial charge in [-0.15, -0.1) is 0 Å². The van der Waals surface area contributed by atoms with Crippen LogP contribution in [0, 0.1) is 12.8 Å². The molecule has 110 valence electrons. The lowest BCUT2D eigenvalue weighted by Gasteiger charge is -2.34. The van der Waals surface area contributed by atoms with Gasteiger partial charge >= 0.3 is 0 Å². The Balaban J connectivity index is 1.68. The molecule has 20 heavy (non-hydrogen) atoms. The smallest absolute Gasteiger partial charge is 0.259 e. The summed E-state index contributed by atoms with van der Waals surface area (Å²) < 4.78 is 5.15. The number of carbonyl (C=O) groups is 1. The predicted octanol–water partition coefficient (Wildman–Crippen LogP) is 1.92. The summed E-state index contributed by atoms with van der Waals surface area (Å²) in [4.78, 5) is 14.5. The average molecular weight is 278 g/mol.